The number of amides is 1. The molecule has 0 saturated heterocycles. The quantitative estimate of drug-likeness (QED) is 0.540. The van der Waals surface area contributed by atoms with Crippen LogP contribution in [0.4, 0.5) is 0 Å². The third kappa shape index (κ3) is 3.48. The second-order valence-corrected chi connectivity index (χ2v) is 10.8. The summed E-state index contributed by atoms with van der Waals surface area (Å²) in [7, 11) is 0. The predicted molar refractivity (Wildman–Crippen MR) is 118 cm³/mol. The van der Waals surface area contributed by atoms with E-state index in [4.69, 9.17) is 0 Å². The van der Waals surface area contributed by atoms with Gasteiger partial charge in [0.1, 0.15) is 0 Å². The highest BCUT2D eigenvalue weighted by atomic mass is 16.2. The molecule has 3 aliphatic rings. The number of fused-ring (bicyclic) bond motifs is 5. The van der Waals surface area contributed by atoms with E-state index in [1.54, 1.807) is 0 Å². The van der Waals surface area contributed by atoms with Crippen molar-refractivity contribution < 1.29 is 14.7 Å². The van der Waals surface area contributed by atoms with Gasteiger partial charge in [0.25, 0.3) is 0 Å². The van der Waals surface area contributed by atoms with Gasteiger partial charge in [0.2, 0.25) is 5.91 Å². The number of ketones is 1. The van der Waals surface area contributed by atoms with Gasteiger partial charge in [-0.05, 0) is 87.7 Å². The first-order chi connectivity index (χ1) is 14.2. The summed E-state index contributed by atoms with van der Waals surface area (Å²) in [6, 6.07) is 8.75. The third-order valence-corrected chi connectivity index (χ3v) is 7.84. The Kier molecular flexibility index (Phi) is 5.32. The molecule has 1 amide bonds. The zero-order valence-electron chi connectivity index (χ0n) is 18.7. The fourth-order valence-corrected chi connectivity index (χ4v) is 6.73. The van der Waals surface area contributed by atoms with Gasteiger partial charge in [0.15, 0.2) is 5.78 Å². The first kappa shape index (κ1) is 21.1. The molecule has 0 aliphatic heterocycles. The molecule has 2 saturated carbocycles. The van der Waals surface area contributed by atoms with Crippen LogP contribution < -0.4 is 5.32 Å². The van der Waals surface area contributed by atoms with E-state index in [9.17, 15) is 14.7 Å². The summed E-state index contributed by atoms with van der Waals surface area (Å²) in [6.07, 6.45) is 6.05. The standard InChI is InChI=1S/C26H35NO3/c1-25(2,3)27-22(29)12-11-20-21(15-28)24(30)26(4)14-13-18-17-8-6-5-7-16(17)9-10-19(18)23(20)26/h5-8,15,18-20,23,28H,9-14H2,1-4H3,(H,27,29)/b21-15-/t18?,19?,20-,23?,26+/m1/s1. The zero-order valence-corrected chi connectivity index (χ0v) is 18.7. The Morgan fingerprint density at radius 1 is 1.27 bits per heavy atom. The summed E-state index contributed by atoms with van der Waals surface area (Å²) in [5.74, 6) is 1.17. The number of carbonyl (C=O) groups is 2. The minimum Gasteiger partial charge on any atom is -0.515 e. The summed E-state index contributed by atoms with van der Waals surface area (Å²) < 4.78 is 0. The molecule has 0 bridgehead atoms. The van der Waals surface area contributed by atoms with E-state index in [1.807, 2.05) is 20.8 Å². The Labute approximate surface area is 180 Å². The Hall–Kier alpha value is -2.10. The molecule has 4 rings (SSSR count). The molecular formula is C26H35NO3. The minimum atomic E-state index is -0.423. The van der Waals surface area contributed by atoms with Gasteiger partial charge in [0.05, 0.1) is 6.26 Å². The summed E-state index contributed by atoms with van der Waals surface area (Å²) in [6.45, 7) is 8.04. The van der Waals surface area contributed by atoms with Crippen LogP contribution in [0.5, 0.6) is 0 Å². The zero-order chi connectivity index (χ0) is 21.7. The van der Waals surface area contributed by atoms with Crippen molar-refractivity contribution in [1.82, 2.24) is 5.32 Å². The molecule has 2 fully saturated rings. The molecule has 0 heterocycles. The van der Waals surface area contributed by atoms with Crippen LogP contribution in [-0.4, -0.2) is 22.3 Å². The Morgan fingerprint density at radius 2 is 2.00 bits per heavy atom. The van der Waals surface area contributed by atoms with Crippen LogP contribution in [0.1, 0.15) is 76.8 Å². The van der Waals surface area contributed by atoms with E-state index in [1.165, 1.54) is 11.1 Å². The molecule has 0 spiro atoms. The topological polar surface area (TPSA) is 66.4 Å². The van der Waals surface area contributed by atoms with Crippen LogP contribution in [0.25, 0.3) is 0 Å². The van der Waals surface area contributed by atoms with E-state index >= 15 is 0 Å². The summed E-state index contributed by atoms with van der Waals surface area (Å²) >= 11 is 0. The smallest absolute Gasteiger partial charge is 0.220 e. The third-order valence-electron chi connectivity index (χ3n) is 7.84. The maximum absolute atomic E-state index is 13.4. The lowest BCUT2D eigenvalue weighted by atomic mass is 9.54. The molecule has 5 atom stereocenters. The maximum atomic E-state index is 13.4. The van der Waals surface area contributed by atoms with Crippen LogP contribution in [0.2, 0.25) is 0 Å². The SMILES string of the molecule is CC(C)(C)NC(=O)CC[C@@H]1/C(=C/O)C(=O)[C@@]2(C)CCC3c4ccccc4CCC3C12. The molecule has 162 valence electrons. The highest BCUT2D eigenvalue weighted by Gasteiger charge is 2.60. The van der Waals surface area contributed by atoms with Crippen molar-refractivity contribution in [3.63, 3.8) is 0 Å². The van der Waals surface area contributed by atoms with E-state index in [0.29, 0.717) is 30.3 Å². The Morgan fingerprint density at radius 3 is 2.70 bits per heavy atom. The van der Waals surface area contributed by atoms with Crippen molar-refractivity contribution >= 4 is 11.7 Å². The van der Waals surface area contributed by atoms with E-state index in [0.717, 1.165) is 31.9 Å². The van der Waals surface area contributed by atoms with Gasteiger partial charge in [-0.25, -0.2) is 0 Å². The molecule has 4 nitrogen and oxygen atoms in total. The molecule has 4 heteroatoms. The van der Waals surface area contributed by atoms with E-state index in [2.05, 4.69) is 36.5 Å². The molecule has 1 aromatic carbocycles. The molecule has 3 unspecified atom stereocenters. The largest absolute Gasteiger partial charge is 0.515 e. The van der Waals surface area contributed by atoms with Crippen LogP contribution in [-0.2, 0) is 16.0 Å². The van der Waals surface area contributed by atoms with Gasteiger partial charge < -0.3 is 10.4 Å². The molecule has 30 heavy (non-hydrogen) atoms. The van der Waals surface area contributed by atoms with Crippen LogP contribution >= 0.6 is 0 Å². The van der Waals surface area contributed by atoms with Gasteiger partial charge in [-0.2, -0.15) is 0 Å². The maximum Gasteiger partial charge on any atom is 0.220 e. The van der Waals surface area contributed by atoms with Crippen molar-refractivity contribution in [2.75, 3.05) is 0 Å². The summed E-state index contributed by atoms with van der Waals surface area (Å²) in [5, 5.41) is 13.0. The number of Topliss-reactive ketones (excluding diaryl/α,β-unsaturated/α-hetero) is 1. The fraction of sp³-hybridized carbons (Fsp3) is 0.615. The number of aliphatic hydroxyl groups excluding tert-OH is 1. The average Bonchev–Trinajstić information content (AvgIpc) is 2.91. The fourth-order valence-electron chi connectivity index (χ4n) is 6.73. The van der Waals surface area contributed by atoms with Gasteiger partial charge in [0, 0.05) is 22.9 Å². The van der Waals surface area contributed by atoms with E-state index < -0.39 is 5.41 Å². The number of benzene rings is 1. The first-order valence-corrected chi connectivity index (χ1v) is 11.4. The molecular weight excluding hydrogens is 374 g/mol. The Balaban J connectivity index is 1.63. The Bertz CT molecular complexity index is 881. The molecule has 0 radical (unpaired) electrons. The predicted octanol–water partition coefficient (Wildman–Crippen LogP) is 5.08. The number of carbonyl (C=O) groups excluding carboxylic acids is 2. The van der Waals surface area contributed by atoms with Crippen LogP contribution in [0, 0.1) is 23.2 Å². The van der Waals surface area contributed by atoms with Crippen molar-refractivity contribution in [3.05, 3.63) is 47.2 Å². The number of allylic oxidation sites excluding steroid dienone is 1. The minimum absolute atomic E-state index is 0.0159. The summed E-state index contributed by atoms with van der Waals surface area (Å²) in [5.41, 5.74) is 2.76. The highest BCUT2D eigenvalue weighted by Crippen LogP contribution is 2.63. The van der Waals surface area contributed by atoms with Crippen molar-refractivity contribution in [1.29, 1.82) is 0 Å². The second kappa shape index (κ2) is 7.55. The van der Waals surface area contributed by atoms with Gasteiger partial charge in [-0.1, -0.05) is 31.2 Å². The van der Waals surface area contributed by atoms with Crippen molar-refractivity contribution in [3.8, 4) is 0 Å². The number of hydrogen-bond acceptors (Lipinski definition) is 3. The molecule has 0 aromatic heterocycles. The van der Waals surface area contributed by atoms with Crippen LogP contribution in [0.15, 0.2) is 36.1 Å². The van der Waals surface area contributed by atoms with Gasteiger partial charge in [-0.15, -0.1) is 0 Å². The normalized spacial score (nSPS) is 34.3. The lowest BCUT2D eigenvalue weighted by molar-refractivity contribution is -0.127. The lowest BCUT2D eigenvalue weighted by Gasteiger charge is -2.49. The number of nitrogens with one attached hydrogen (secondary N) is 1. The average molecular weight is 410 g/mol. The summed E-state index contributed by atoms with van der Waals surface area (Å²) in [4.78, 5) is 25.9. The van der Waals surface area contributed by atoms with Gasteiger partial charge >= 0.3 is 0 Å². The highest BCUT2D eigenvalue weighted by molar-refractivity contribution is 6.03. The number of aryl methyl sites for hydroxylation is 1. The number of hydrogen-bond donors (Lipinski definition) is 2. The van der Waals surface area contributed by atoms with Crippen molar-refractivity contribution in [2.45, 2.75) is 77.7 Å². The first-order valence-electron chi connectivity index (χ1n) is 11.4. The van der Waals surface area contributed by atoms with E-state index in [-0.39, 0.29) is 29.1 Å². The molecule has 1 aromatic rings. The lowest BCUT2D eigenvalue weighted by Crippen LogP contribution is -2.44. The second-order valence-electron chi connectivity index (χ2n) is 10.8. The van der Waals surface area contributed by atoms with Gasteiger partial charge in [-0.3, -0.25) is 9.59 Å². The number of rotatable bonds is 3. The number of aliphatic hydroxyl groups is 1. The van der Waals surface area contributed by atoms with Crippen molar-refractivity contribution in [2.24, 2.45) is 23.2 Å². The molecule has 2 N–H and O–H groups in total. The van der Waals surface area contributed by atoms with Crippen LogP contribution in [0.3, 0.4) is 0 Å². The monoisotopic (exact) mass is 409 g/mol. The molecule has 3 aliphatic carbocycles.